The van der Waals surface area contributed by atoms with E-state index in [2.05, 4.69) is 15.5 Å². The van der Waals surface area contributed by atoms with Crippen LogP contribution in [0.3, 0.4) is 0 Å². The Bertz CT molecular complexity index is 613. The van der Waals surface area contributed by atoms with Crippen LogP contribution in [0, 0.1) is 0 Å². The Morgan fingerprint density at radius 3 is 3.00 bits per heavy atom. The first-order valence-corrected chi connectivity index (χ1v) is 9.10. The summed E-state index contributed by atoms with van der Waals surface area (Å²) in [6.07, 6.45) is -0.647. The zero-order valence-corrected chi connectivity index (χ0v) is 14.9. The van der Waals surface area contributed by atoms with Crippen LogP contribution in [-0.4, -0.2) is 40.3 Å². The molecule has 0 fully saturated rings. The molecule has 0 amide bonds. The van der Waals surface area contributed by atoms with Crippen LogP contribution in [0.5, 0.6) is 5.75 Å². The van der Waals surface area contributed by atoms with Gasteiger partial charge in [-0.2, -0.15) is 0 Å². The summed E-state index contributed by atoms with van der Waals surface area (Å²) in [4.78, 5) is 0. The van der Waals surface area contributed by atoms with Crippen molar-refractivity contribution in [2.75, 3.05) is 24.2 Å². The van der Waals surface area contributed by atoms with Crippen molar-refractivity contribution in [1.29, 1.82) is 0 Å². The van der Waals surface area contributed by atoms with E-state index in [1.54, 1.807) is 18.2 Å². The van der Waals surface area contributed by atoms with Crippen molar-refractivity contribution < 1.29 is 9.84 Å². The highest BCUT2D eigenvalue weighted by atomic mass is 35.5. The van der Waals surface area contributed by atoms with Gasteiger partial charge in [0.1, 0.15) is 12.4 Å². The van der Waals surface area contributed by atoms with Crippen LogP contribution in [0.25, 0.3) is 0 Å². The predicted molar refractivity (Wildman–Crippen MR) is 92.8 cm³/mol. The summed E-state index contributed by atoms with van der Waals surface area (Å²) in [5, 5.41) is 22.8. The lowest BCUT2D eigenvalue weighted by Gasteiger charge is -2.12. The van der Waals surface area contributed by atoms with E-state index in [0.29, 0.717) is 21.5 Å². The van der Waals surface area contributed by atoms with E-state index in [-0.39, 0.29) is 6.61 Å². The number of halogens is 2. The van der Waals surface area contributed by atoms with Gasteiger partial charge in [-0.05, 0) is 19.1 Å². The maximum absolute atomic E-state index is 9.96. The summed E-state index contributed by atoms with van der Waals surface area (Å²) in [6, 6.07) is 4.96. The number of hydrogen-bond donors (Lipinski definition) is 2. The molecule has 0 saturated heterocycles. The van der Waals surface area contributed by atoms with Crippen molar-refractivity contribution in [3.8, 4) is 5.75 Å². The molecule has 0 aliphatic rings. The number of aromatic nitrogens is 2. The second-order valence-electron chi connectivity index (χ2n) is 4.25. The molecule has 1 aromatic carbocycles. The molecule has 0 aliphatic carbocycles. The number of anilines is 1. The average molecular weight is 380 g/mol. The second-order valence-corrected chi connectivity index (χ2v) is 7.34. The minimum Gasteiger partial charge on any atom is -0.489 e. The lowest BCUT2D eigenvalue weighted by atomic mass is 10.3. The molecule has 120 valence electrons. The van der Waals surface area contributed by atoms with Crippen LogP contribution in [0.4, 0.5) is 5.13 Å². The quantitative estimate of drug-likeness (QED) is 0.679. The second kappa shape index (κ2) is 8.79. The fourth-order valence-corrected chi connectivity index (χ4v) is 3.57. The number of nitrogens with one attached hydrogen (secondary N) is 1. The molecule has 2 rings (SSSR count). The molecule has 9 heteroatoms. The van der Waals surface area contributed by atoms with Crippen LogP contribution >= 0.6 is 46.3 Å². The van der Waals surface area contributed by atoms with Gasteiger partial charge in [-0.15, -0.1) is 10.2 Å². The van der Waals surface area contributed by atoms with Crippen molar-refractivity contribution in [2.24, 2.45) is 0 Å². The van der Waals surface area contributed by atoms with Gasteiger partial charge in [0.25, 0.3) is 0 Å². The van der Waals surface area contributed by atoms with E-state index >= 15 is 0 Å². The van der Waals surface area contributed by atoms with Crippen LogP contribution < -0.4 is 10.1 Å². The Hall–Kier alpha value is -0.730. The van der Waals surface area contributed by atoms with E-state index in [4.69, 9.17) is 27.9 Å². The molecule has 1 aromatic heterocycles. The smallest absolute Gasteiger partial charge is 0.206 e. The summed E-state index contributed by atoms with van der Waals surface area (Å²) in [6.45, 7) is 2.93. The van der Waals surface area contributed by atoms with Gasteiger partial charge in [0.05, 0.1) is 11.1 Å². The third-order valence-corrected chi connectivity index (χ3v) is 5.16. The van der Waals surface area contributed by atoms with Crippen LogP contribution in [0.2, 0.25) is 10.0 Å². The number of ether oxygens (including phenoxy) is 1. The zero-order chi connectivity index (χ0) is 15.9. The van der Waals surface area contributed by atoms with Gasteiger partial charge >= 0.3 is 0 Å². The van der Waals surface area contributed by atoms with Crippen molar-refractivity contribution in [2.45, 2.75) is 17.4 Å². The number of aliphatic hydroxyl groups excluding tert-OH is 1. The summed E-state index contributed by atoms with van der Waals surface area (Å²) in [7, 11) is 0. The predicted octanol–water partition coefficient (Wildman–Crippen LogP) is 3.81. The van der Waals surface area contributed by atoms with Gasteiger partial charge in [0.2, 0.25) is 5.13 Å². The first-order chi connectivity index (χ1) is 10.6. The highest BCUT2D eigenvalue weighted by Gasteiger charge is 2.11. The van der Waals surface area contributed by atoms with Crippen molar-refractivity contribution >= 4 is 51.4 Å². The van der Waals surface area contributed by atoms with Crippen LogP contribution in [0.15, 0.2) is 22.5 Å². The Labute approximate surface area is 147 Å². The van der Waals surface area contributed by atoms with E-state index in [0.717, 1.165) is 16.0 Å². The van der Waals surface area contributed by atoms with Crippen LogP contribution in [0.1, 0.15) is 6.92 Å². The molecular weight excluding hydrogens is 365 g/mol. The topological polar surface area (TPSA) is 67.3 Å². The highest BCUT2D eigenvalue weighted by molar-refractivity contribution is 8.01. The monoisotopic (exact) mass is 379 g/mol. The van der Waals surface area contributed by atoms with Gasteiger partial charge in [0.15, 0.2) is 4.34 Å². The average Bonchev–Trinajstić information content (AvgIpc) is 2.94. The summed E-state index contributed by atoms with van der Waals surface area (Å²) in [5.41, 5.74) is 0. The summed E-state index contributed by atoms with van der Waals surface area (Å²) < 4.78 is 6.29. The SMILES string of the molecule is CCNc1nnc(SC[C@@H](O)COc2cc(Cl)ccc2Cl)s1. The maximum atomic E-state index is 9.96. The van der Waals surface area contributed by atoms with Gasteiger partial charge in [-0.1, -0.05) is 46.3 Å². The van der Waals surface area contributed by atoms with Crippen molar-refractivity contribution in [3.05, 3.63) is 28.2 Å². The number of hydrogen-bond acceptors (Lipinski definition) is 7. The maximum Gasteiger partial charge on any atom is 0.206 e. The van der Waals surface area contributed by atoms with Gasteiger partial charge in [-0.25, -0.2) is 0 Å². The number of aliphatic hydroxyl groups is 1. The largest absolute Gasteiger partial charge is 0.489 e. The van der Waals surface area contributed by atoms with E-state index in [1.807, 2.05) is 6.92 Å². The van der Waals surface area contributed by atoms with Crippen molar-refractivity contribution in [1.82, 2.24) is 10.2 Å². The summed E-state index contributed by atoms with van der Waals surface area (Å²) >= 11 is 14.8. The molecular formula is C13H15Cl2N3O2S2. The Morgan fingerprint density at radius 2 is 2.23 bits per heavy atom. The third kappa shape index (κ3) is 5.48. The van der Waals surface area contributed by atoms with Gasteiger partial charge in [-0.3, -0.25) is 0 Å². The van der Waals surface area contributed by atoms with E-state index in [9.17, 15) is 5.11 Å². The van der Waals surface area contributed by atoms with E-state index in [1.165, 1.54) is 23.1 Å². The minimum absolute atomic E-state index is 0.131. The highest BCUT2D eigenvalue weighted by Crippen LogP contribution is 2.29. The minimum atomic E-state index is -0.647. The Morgan fingerprint density at radius 1 is 1.41 bits per heavy atom. The molecule has 5 nitrogen and oxygen atoms in total. The van der Waals surface area contributed by atoms with Crippen molar-refractivity contribution in [3.63, 3.8) is 0 Å². The normalized spacial score (nSPS) is 12.2. The molecule has 1 atom stereocenters. The number of benzene rings is 1. The number of rotatable bonds is 8. The molecule has 1 heterocycles. The number of thioether (sulfide) groups is 1. The molecule has 0 radical (unpaired) electrons. The molecule has 0 saturated carbocycles. The lowest BCUT2D eigenvalue weighted by Crippen LogP contribution is -2.20. The molecule has 0 spiro atoms. The first kappa shape index (κ1) is 17.6. The first-order valence-electron chi connectivity index (χ1n) is 6.54. The Kier molecular flexibility index (Phi) is 7.04. The van der Waals surface area contributed by atoms with Gasteiger partial charge in [0, 0.05) is 23.4 Å². The fraction of sp³-hybridized carbons (Fsp3) is 0.385. The molecule has 22 heavy (non-hydrogen) atoms. The third-order valence-electron chi connectivity index (χ3n) is 2.46. The number of nitrogens with zero attached hydrogens (tertiary/aromatic N) is 2. The van der Waals surface area contributed by atoms with Crippen LogP contribution in [-0.2, 0) is 0 Å². The molecule has 2 aromatic rings. The lowest BCUT2D eigenvalue weighted by molar-refractivity contribution is 0.126. The molecule has 0 unspecified atom stereocenters. The van der Waals surface area contributed by atoms with Gasteiger partial charge < -0.3 is 15.2 Å². The fourth-order valence-electron chi connectivity index (χ4n) is 1.48. The zero-order valence-electron chi connectivity index (χ0n) is 11.8. The molecule has 0 aliphatic heterocycles. The molecule has 0 bridgehead atoms. The standard InChI is InChI=1S/C13H15Cl2N3O2S2/c1-2-16-12-17-18-13(22-12)21-7-9(19)6-20-11-5-8(14)3-4-10(11)15/h3-5,9,19H,2,6-7H2,1H3,(H,16,17)/t9-/m0/s1. The summed E-state index contributed by atoms with van der Waals surface area (Å²) in [5.74, 6) is 0.919. The Balaban J connectivity index is 1.77. The van der Waals surface area contributed by atoms with E-state index < -0.39 is 6.10 Å². The molecule has 2 N–H and O–H groups in total.